The van der Waals surface area contributed by atoms with Gasteiger partial charge in [0, 0.05) is 31.8 Å². The van der Waals surface area contributed by atoms with E-state index in [1.165, 1.54) is 0 Å². The van der Waals surface area contributed by atoms with Crippen LogP contribution in [0.25, 0.3) is 0 Å². The molecule has 0 fully saturated rings. The van der Waals surface area contributed by atoms with Crippen LogP contribution in [0.4, 0.5) is 0 Å². The molecule has 1 amide bonds. The first-order valence-electron chi connectivity index (χ1n) is 8.33. The van der Waals surface area contributed by atoms with Gasteiger partial charge in [0.25, 0.3) is 0 Å². The summed E-state index contributed by atoms with van der Waals surface area (Å²) in [4.78, 5) is 16.0. The van der Waals surface area contributed by atoms with Gasteiger partial charge in [-0.25, -0.2) is 4.98 Å². The maximum atomic E-state index is 11.7. The Balaban J connectivity index is 1.96. The van der Waals surface area contributed by atoms with Crippen LogP contribution >= 0.6 is 0 Å². The van der Waals surface area contributed by atoms with Crippen LogP contribution in [-0.4, -0.2) is 31.2 Å². The predicted molar refractivity (Wildman–Crippen MR) is 94.9 cm³/mol. The van der Waals surface area contributed by atoms with Crippen LogP contribution in [0.1, 0.15) is 25.3 Å². The van der Waals surface area contributed by atoms with Crippen molar-refractivity contribution in [3.05, 3.63) is 48.2 Å². The average molecular weight is 344 g/mol. The molecule has 0 bridgehead atoms. The lowest BCUT2D eigenvalue weighted by Crippen LogP contribution is -2.24. The fraction of sp³-hybridized carbons (Fsp3) is 0.368. The number of pyridine rings is 1. The Kier molecular flexibility index (Phi) is 7.72. The van der Waals surface area contributed by atoms with Crippen molar-refractivity contribution in [2.24, 2.45) is 0 Å². The number of carbonyl (C=O) groups is 1. The van der Waals surface area contributed by atoms with E-state index < -0.39 is 0 Å². The molecule has 0 aliphatic heterocycles. The summed E-state index contributed by atoms with van der Waals surface area (Å²) in [7, 11) is 1.57. The number of aromatic nitrogens is 1. The molecule has 0 atom stereocenters. The highest BCUT2D eigenvalue weighted by molar-refractivity contribution is 5.76. The number of amides is 1. The third kappa shape index (κ3) is 6.43. The number of hydrogen-bond acceptors (Lipinski definition) is 5. The summed E-state index contributed by atoms with van der Waals surface area (Å²) in [6.45, 7) is 3.50. The normalized spacial score (nSPS) is 10.3. The molecular formula is C19H24N2O4. The summed E-state index contributed by atoms with van der Waals surface area (Å²) in [5.74, 6) is 1.86. The molecule has 25 heavy (non-hydrogen) atoms. The standard InChI is InChI=1S/C19H24N2O4/c1-3-12-24-16-6-8-17(9-7-16)25-19-15(5-4-11-20-19)14-21-18(22)10-13-23-2/h4-9,11H,3,10,12-14H2,1-2H3,(H,21,22). The number of methoxy groups -OCH3 is 1. The first-order chi connectivity index (χ1) is 12.2. The monoisotopic (exact) mass is 344 g/mol. The molecule has 2 aromatic rings. The lowest BCUT2D eigenvalue weighted by atomic mass is 10.2. The summed E-state index contributed by atoms with van der Waals surface area (Å²) in [6.07, 6.45) is 2.95. The summed E-state index contributed by atoms with van der Waals surface area (Å²) < 4.78 is 16.3. The van der Waals surface area contributed by atoms with E-state index in [1.54, 1.807) is 13.3 Å². The first kappa shape index (κ1) is 18.7. The minimum Gasteiger partial charge on any atom is -0.494 e. The number of carbonyl (C=O) groups excluding carboxylic acids is 1. The topological polar surface area (TPSA) is 69.7 Å². The lowest BCUT2D eigenvalue weighted by molar-refractivity contribution is -0.122. The number of benzene rings is 1. The number of rotatable bonds is 10. The molecule has 134 valence electrons. The van der Waals surface area contributed by atoms with E-state index in [1.807, 2.05) is 36.4 Å². The van der Waals surface area contributed by atoms with Crippen molar-refractivity contribution in [1.29, 1.82) is 0 Å². The van der Waals surface area contributed by atoms with Crippen molar-refractivity contribution in [1.82, 2.24) is 10.3 Å². The van der Waals surface area contributed by atoms with Gasteiger partial charge in [-0.2, -0.15) is 0 Å². The Labute approximate surface area is 148 Å². The summed E-state index contributed by atoms with van der Waals surface area (Å²) in [5.41, 5.74) is 0.805. The number of hydrogen-bond donors (Lipinski definition) is 1. The maximum absolute atomic E-state index is 11.7. The highest BCUT2D eigenvalue weighted by Gasteiger charge is 2.08. The first-order valence-corrected chi connectivity index (χ1v) is 8.33. The minimum atomic E-state index is -0.0749. The van der Waals surface area contributed by atoms with Crippen molar-refractivity contribution >= 4 is 5.91 Å². The highest BCUT2D eigenvalue weighted by Crippen LogP contribution is 2.25. The molecule has 0 saturated heterocycles. The van der Waals surface area contributed by atoms with Crippen molar-refractivity contribution in [2.45, 2.75) is 26.3 Å². The van der Waals surface area contributed by atoms with E-state index >= 15 is 0 Å². The fourth-order valence-electron chi connectivity index (χ4n) is 2.06. The van der Waals surface area contributed by atoms with Gasteiger partial charge in [-0.3, -0.25) is 4.79 Å². The van der Waals surface area contributed by atoms with Gasteiger partial charge < -0.3 is 19.5 Å². The van der Waals surface area contributed by atoms with Crippen LogP contribution < -0.4 is 14.8 Å². The van der Waals surface area contributed by atoms with Gasteiger partial charge in [-0.05, 0) is 36.8 Å². The van der Waals surface area contributed by atoms with E-state index in [2.05, 4.69) is 17.2 Å². The third-order valence-electron chi connectivity index (χ3n) is 3.37. The number of ether oxygens (including phenoxy) is 3. The minimum absolute atomic E-state index is 0.0749. The molecule has 1 aromatic carbocycles. The molecule has 1 N–H and O–H groups in total. The van der Waals surface area contributed by atoms with Gasteiger partial charge in [-0.15, -0.1) is 0 Å². The molecule has 0 saturated carbocycles. The molecule has 1 heterocycles. The summed E-state index contributed by atoms with van der Waals surface area (Å²) >= 11 is 0. The zero-order valence-electron chi connectivity index (χ0n) is 14.7. The second kappa shape index (κ2) is 10.3. The van der Waals surface area contributed by atoms with E-state index in [-0.39, 0.29) is 5.91 Å². The van der Waals surface area contributed by atoms with Crippen LogP contribution in [-0.2, 0) is 16.1 Å². The van der Waals surface area contributed by atoms with Gasteiger partial charge in [-0.1, -0.05) is 13.0 Å². The molecule has 0 unspecified atom stereocenters. The van der Waals surface area contributed by atoms with Crippen molar-refractivity contribution in [3.8, 4) is 17.4 Å². The van der Waals surface area contributed by atoms with E-state index in [9.17, 15) is 4.79 Å². The van der Waals surface area contributed by atoms with Gasteiger partial charge >= 0.3 is 0 Å². The molecule has 6 nitrogen and oxygen atoms in total. The van der Waals surface area contributed by atoms with Crippen molar-refractivity contribution in [2.75, 3.05) is 20.3 Å². The molecule has 0 spiro atoms. The van der Waals surface area contributed by atoms with Crippen LogP contribution in [0.5, 0.6) is 17.4 Å². The predicted octanol–water partition coefficient (Wildman–Crippen LogP) is 3.32. The zero-order valence-corrected chi connectivity index (χ0v) is 14.7. The smallest absolute Gasteiger partial charge is 0.224 e. The Bertz CT molecular complexity index is 659. The largest absolute Gasteiger partial charge is 0.494 e. The van der Waals surface area contributed by atoms with Crippen LogP contribution in [0, 0.1) is 0 Å². The van der Waals surface area contributed by atoms with Gasteiger partial charge in [0.05, 0.1) is 13.2 Å². The Hall–Kier alpha value is -2.60. The molecule has 1 aromatic heterocycles. The van der Waals surface area contributed by atoms with Crippen LogP contribution in [0.3, 0.4) is 0 Å². The Morgan fingerprint density at radius 2 is 1.88 bits per heavy atom. The fourth-order valence-corrected chi connectivity index (χ4v) is 2.06. The Morgan fingerprint density at radius 3 is 2.60 bits per heavy atom. The quantitative estimate of drug-likeness (QED) is 0.716. The summed E-state index contributed by atoms with van der Waals surface area (Å²) in [5, 5.41) is 2.83. The molecule has 6 heteroatoms. The summed E-state index contributed by atoms with van der Waals surface area (Å²) in [6, 6.07) is 11.1. The second-order valence-corrected chi connectivity index (χ2v) is 5.41. The molecule has 0 radical (unpaired) electrons. The Morgan fingerprint density at radius 1 is 1.12 bits per heavy atom. The maximum Gasteiger partial charge on any atom is 0.224 e. The third-order valence-corrected chi connectivity index (χ3v) is 3.37. The van der Waals surface area contributed by atoms with E-state index in [4.69, 9.17) is 14.2 Å². The van der Waals surface area contributed by atoms with Gasteiger partial charge in [0.15, 0.2) is 0 Å². The van der Waals surface area contributed by atoms with Crippen molar-refractivity contribution < 1.29 is 19.0 Å². The van der Waals surface area contributed by atoms with Crippen LogP contribution in [0.2, 0.25) is 0 Å². The lowest BCUT2D eigenvalue weighted by Gasteiger charge is -2.11. The van der Waals surface area contributed by atoms with E-state index in [0.717, 1.165) is 17.7 Å². The van der Waals surface area contributed by atoms with Gasteiger partial charge in [0.2, 0.25) is 11.8 Å². The van der Waals surface area contributed by atoms with Gasteiger partial charge in [0.1, 0.15) is 11.5 Å². The van der Waals surface area contributed by atoms with Crippen molar-refractivity contribution in [3.63, 3.8) is 0 Å². The molecule has 2 rings (SSSR count). The molecule has 0 aliphatic carbocycles. The SMILES string of the molecule is CCCOc1ccc(Oc2ncccc2CNC(=O)CCOC)cc1. The molecule has 0 aliphatic rings. The average Bonchev–Trinajstić information content (AvgIpc) is 2.65. The van der Waals surface area contributed by atoms with E-state index in [0.29, 0.717) is 37.8 Å². The second-order valence-electron chi connectivity index (χ2n) is 5.41. The number of nitrogens with zero attached hydrogens (tertiary/aromatic N) is 1. The number of nitrogens with one attached hydrogen (secondary N) is 1. The molecular weight excluding hydrogens is 320 g/mol. The zero-order chi connectivity index (χ0) is 17.9. The van der Waals surface area contributed by atoms with Crippen LogP contribution in [0.15, 0.2) is 42.6 Å². The highest BCUT2D eigenvalue weighted by atomic mass is 16.5.